The number of halogens is 1. The molecule has 0 spiro atoms. The van der Waals surface area contributed by atoms with Crippen molar-refractivity contribution in [3.05, 3.63) is 28.7 Å². The van der Waals surface area contributed by atoms with Gasteiger partial charge in [0, 0.05) is 16.1 Å². The summed E-state index contributed by atoms with van der Waals surface area (Å²) in [6, 6.07) is 9.90. The Bertz CT molecular complexity index is 530. The second-order valence-corrected chi connectivity index (χ2v) is 6.13. The minimum atomic E-state index is -0.452. The first-order valence-corrected chi connectivity index (χ1v) is 7.54. The Morgan fingerprint density at radius 1 is 1.45 bits per heavy atom. The van der Waals surface area contributed by atoms with Crippen LogP contribution in [0.5, 0.6) is 0 Å². The van der Waals surface area contributed by atoms with Gasteiger partial charge in [0.25, 0.3) is 0 Å². The molecule has 1 aliphatic carbocycles. The van der Waals surface area contributed by atoms with Gasteiger partial charge < -0.3 is 10.6 Å². The van der Waals surface area contributed by atoms with E-state index < -0.39 is 5.54 Å². The maximum Gasteiger partial charge on any atom is 0.227 e. The minimum absolute atomic E-state index is 0.0104. The lowest BCUT2D eigenvalue weighted by Crippen LogP contribution is -2.46. The molecule has 1 aromatic carbocycles. The Hall–Kier alpha value is -1.38. The quantitative estimate of drug-likeness (QED) is 0.892. The van der Waals surface area contributed by atoms with Crippen LogP contribution in [0.25, 0.3) is 0 Å². The van der Waals surface area contributed by atoms with Gasteiger partial charge in [-0.3, -0.25) is 4.79 Å². The fourth-order valence-electron chi connectivity index (χ4n) is 2.60. The first kappa shape index (κ1) is 15.0. The molecule has 0 radical (unpaired) electrons. The Balaban J connectivity index is 1.94. The van der Waals surface area contributed by atoms with E-state index in [0.717, 1.165) is 35.8 Å². The summed E-state index contributed by atoms with van der Waals surface area (Å²) in [5.41, 5.74) is 0.349. The van der Waals surface area contributed by atoms with Crippen LogP contribution in [-0.4, -0.2) is 18.5 Å². The van der Waals surface area contributed by atoms with E-state index in [1.807, 2.05) is 31.3 Å². The largest absolute Gasteiger partial charge is 0.326 e. The number of anilines is 1. The van der Waals surface area contributed by atoms with Gasteiger partial charge in [0.2, 0.25) is 5.91 Å². The summed E-state index contributed by atoms with van der Waals surface area (Å²) in [4.78, 5) is 12.2. The van der Waals surface area contributed by atoms with Crippen LogP contribution in [0.3, 0.4) is 0 Å². The summed E-state index contributed by atoms with van der Waals surface area (Å²) < 4.78 is 0.942. The molecule has 0 heterocycles. The van der Waals surface area contributed by atoms with Gasteiger partial charge in [-0.2, -0.15) is 5.26 Å². The lowest BCUT2D eigenvalue weighted by molar-refractivity contribution is -0.121. The molecule has 0 aliphatic heterocycles. The van der Waals surface area contributed by atoms with Gasteiger partial charge in [-0.15, -0.1) is 0 Å². The summed E-state index contributed by atoms with van der Waals surface area (Å²) in [7, 11) is 1.81. The highest BCUT2D eigenvalue weighted by molar-refractivity contribution is 9.10. The van der Waals surface area contributed by atoms with Crippen molar-refractivity contribution in [2.45, 2.75) is 31.2 Å². The number of hydrogen-bond donors (Lipinski definition) is 2. The molecule has 0 unspecified atom stereocenters. The fourth-order valence-corrected chi connectivity index (χ4v) is 3.00. The smallest absolute Gasteiger partial charge is 0.227 e. The van der Waals surface area contributed by atoms with Crippen molar-refractivity contribution in [1.82, 2.24) is 5.32 Å². The van der Waals surface area contributed by atoms with E-state index >= 15 is 0 Å². The van der Waals surface area contributed by atoms with Crippen LogP contribution in [0.1, 0.15) is 25.7 Å². The molecular weight excluding hydrogens is 318 g/mol. The van der Waals surface area contributed by atoms with Crippen LogP contribution >= 0.6 is 15.9 Å². The molecule has 2 N–H and O–H groups in total. The average Bonchev–Trinajstić information content (AvgIpc) is 2.47. The molecule has 1 fully saturated rings. The zero-order valence-electron chi connectivity index (χ0n) is 11.4. The molecule has 5 heteroatoms. The molecule has 4 nitrogen and oxygen atoms in total. The van der Waals surface area contributed by atoms with E-state index in [2.05, 4.69) is 32.6 Å². The number of amides is 1. The Labute approximate surface area is 127 Å². The standard InChI is InChI=1S/C15H18BrN3O/c1-18-15(10-17)7-5-11(6-8-15)14(20)19-13-4-2-3-12(16)9-13/h2-4,9,11,18H,5-8H2,1H3,(H,19,20). The summed E-state index contributed by atoms with van der Waals surface area (Å²) in [6.45, 7) is 0. The SMILES string of the molecule is CNC1(C#N)CCC(C(=O)Nc2cccc(Br)c2)CC1. The molecular formula is C15H18BrN3O. The number of rotatable bonds is 3. The third-order valence-electron chi connectivity index (χ3n) is 3.99. The molecule has 2 rings (SSSR count). The third-order valence-corrected chi connectivity index (χ3v) is 4.49. The molecule has 0 saturated heterocycles. The van der Waals surface area contributed by atoms with Gasteiger partial charge in [0.05, 0.1) is 6.07 Å². The van der Waals surface area contributed by atoms with Gasteiger partial charge in [-0.05, 0) is 50.9 Å². The first-order valence-electron chi connectivity index (χ1n) is 6.75. The normalized spacial score (nSPS) is 25.8. The molecule has 1 aliphatic rings. The molecule has 1 saturated carbocycles. The van der Waals surface area contributed by atoms with Gasteiger partial charge in [-0.1, -0.05) is 22.0 Å². The molecule has 1 amide bonds. The van der Waals surface area contributed by atoms with Crippen molar-refractivity contribution in [3.8, 4) is 6.07 Å². The molecule has 20 heavy (non-hydrogen) atoms. The highest BCUT2D eigenvalue weighted by Crippen LogP contribution is 2.32. The zero-order chi connectivity index (χ0) is 14.6. The predicted molar refractivity (Wildman–Crippen MR) is 82.1 cm³/mol. The lowest BCUT2D eigenvalue weighted by atomic mass is 9.77. The number of hydrogen-bond acceptors (Lipinski definition) is 3. The summed E-state index contributed by atoms with van der Waals surface area (Å²) in [5, 5.41) is 15.2. The Morgan fingerprint density at radius 3 is 2.70 bits per heavy atom. The van der Waals surface area contributed by atoms with Crippen LogP contribution in [0.2, 0.25) is 0 Å². The number of carbonyl (C=O) groups excluding carboxylic acids is 1. The highest BCUT2D eigenvalue weighted by atomic mass is 79.9. The summed E-state index contributed by atoms with van der Waals surface area (Å²) in [5.74, 6) is 0.0366. The van der Waals surface area contributed by atoms with Crippen molar-refractivity contribution >= 4 is 27.5 Å². The van der Waals surface area contributed by atoms with Crippen LogP contribution < -0.4 is 10.6 Å². The number of carbonyl (C=O) groups is 1. The fraction of sp³-hybridized carbons (Fsp3) is 0.467. The highest BCUT2D eigenvalue weighted by Gasteiger charge is 2.36. The Morgan fingerprint density at radius 2 is 2.15 bits per heavy atom. The summed E-state index contributed by atoms with van der Waals surface area (Å²) >= 11 is 3.39. The van der Waals surface area contributed by atoms with Gasteiger partial charge in [0.1, 0.15) is 5.54 Å². The topological polar surface area (TPSA) is 64.9 Å². The van der Waals surface area contributed by atoms with Crippen molar-refractivity contribution < 1.29 is 4.79 Å². The van der Waals surface area contributed by atoms with E-state index in [4.69, 9.17) is 0 Å². The monoisotopic (exact) mass is 335 g/mol. The maximum absolute atomic E-state index is 12.2. The van der Waals surface area contributed by atoms with Gasteiger partial charge in [-0.25, -0.2) is 0 Å². The maximum atomic E-state index is 12.2. The van der Waals surface area contributed by atoms with Crippen molar-refractivity contribution in [2.75, 3.05) is 12.4 Å². The van der Waals surface area contributed by atoms with Crippen molar-refractivity contribution in [1.29, 1.82) is 5.26 Å². The molecule has 0 atom stereocenters. The average molecular weight is 336 g/mol. The van der Waals surface area contributed by atoms with E-state index in [9.17, 15) is 10.1 Å². The predicted octanol–water partition coefficient (Wildman–Crippen LogP) is 3.06. The minimum Gasteiger partial charge on any atom is -0.326 e. The number of nitrogens with one attached hydrogen (secondary N) is 2. The Kier molecular flexibility index (Phi) is 4.79. The third kappa shape index (κ3) is 3.38. The van der Waals surface area contributed by atoms with E-state index in [1.54, 1.807) is 0 Å². The van der Waals surface area contributed by atoms with Crippen LogP contribution in [-0.2, 0) is 4.79 Å². The number of nitrogens with zero attached hydrogens (tertiary/aromatic N) is 1. The van der Waals surface area contributed by atoms with Crippen molar-refractivity contribution in [2.24, 2.45) is 5.92 Å². The van der Waals surface area contributed by atoms with E-state index in [-0.39, 0.29) is 11.8 Å². The first-order chi connectivity index (χ1) is 9.58. The van der Waals surface area contributed by atoms with E-state index in [1.165, 1.54) is 0 Å². The lowest BCUT2D eigenvalue weighted by Gasteiger charge is -2.34. The number of nitriles is 1. The second-order valence-electron chi connectivity index (χ2n) is 5.22. The zero-order valence-corrected chi connectivity index (χ0v) is 13.0. The van der Waals surface area contributed by atoms with Gasteiger partial charge >= 0.3 is 0 Å². The molecule has 1 aromatic rings. The molecule has 106 valence electrons. The van der Waals surface area contributed by atoms with Crippen LogP contribution in [0.15, 0.2) is 28.7 Å². The second kappa shape index (κ2) is 6.38. The van der Waals surface area contributed by atoms with Crippen LogP contribution in [0.4, 0.5) is 5.69 Å². The molecule has 0 aromatic heterocycles. The molecule has 0 bridgehead atoms. The number of benzene rings is 1. The van der Waals surface area contributed by atoms with Gasteiger partial charge in [0.15, 0.2) is 0 Å². The van der Waals surface area contributed by atoms with E-state index in [0.29, 0.717) is 0 Å². The summed E-state index contributed by atoms with van der Waals surface area (Å²) in [6.07, 6.45) is 2.93. The van der Waals surface area contributed by atoms with Crippen LogP contribution in [0, 0.1) is 17.2 Å². The van der Waals surface area contributed by atoms with Crippen molar-refractivity contribution in [3.63, 3.8) is 0 Å².